The van der Waals surface area contributed by atoms with Crippen molar-refractivity contribution in [3.8, 4) is 0 Å². The van der Waals surface area contributed by atoms with Gasteiger partial charge < -0.3 is 9.84 Å². The van der Waals surface area contributed by atoms with Crippen molar-refractivity contribution in [2.75, 3.05) is 0 Å². The van der Waals surface area contributed by atoms with Gasteiger partial charge in [0.15, 0.2) is 0 Å². The van der Waals surface area contributed by atoms with Gasteiger partial charge in [0.1, 0.15) is 11.9 Å². The molecule has 33 heavy (non-hydrogen) atoms. The highest BCUT2D eigenvalue weighted by atomic mass is 16.5. The van der Waals surface area contributed by atoms with Gasteiger partial charge in [0.25, 0.3) is 0 Å². The van der Waals surface area contributed by atoms with E-state index in [-0.39, 0.29) is 55.1 Å². The van der Waals surface area contributed by atoms with E-state index in [4.69, 9.17) is 4.74 Å². The molecule has 180 valence electrons. The molecule has 2 N–H and O–H groups in total. The Labute approximate surface area is 195 Å². The van der Waals surface area contributed by atoms with Gasteiger partial charge in [0, 0.05) is 37.2 Å². The zero-order chi connectivity index (χ0) is 24.4. The number of aliphatic hydroxyl groups is 1. The molecule has 4 atom stereocenters. The monoisotopic (exact) mass is 457 g/mol. The maximum Gasteiger partial charge on any atom is 0.331 e. The summed E-state index contributed by atoms with van der Waals surface area (Å²) >= 11 is 0. The molecule has 1 fully saturated rings. The molecule has 2 rings (SSSR count). The van der Waals surface area contributed by atoms with Crippen LogP contribution in [0.1, 0.15) is 59.3 Å². The molecular formula is C26H35NO6. The van der Waals surface area contributed by atoms with Gasteiger partial charge in [-0.05, 0) is 37.7 Å². The number of aliphatic hydroxyl groups excluding tert-OH is 1. The summed E-state index contributed by atoms with van der Waals surface area (Å²) in [6.45, 7) is 5.53. The van der Waals surface area contributed by atoms with Crippen LogP contribution >= 0.6 is 0 Å². The van der Waals surface area contributed by atoms with Crippen molar-refractivity contribution in [3.05, 3.63) is 48.1 Å². The lowest BCUT2D eigenvalue weighted by Crippen LogP contribution is -2.39. The summed E-state index contributed by atoms with van der Waals surface area (Å²) in [6.07, 6.45) is 13.6. The largest absolute Gasteiger partial charge is 0.454 e. The molecule has 2 heterocycles. The number of nitrogens with one attached hydrogen (secondary N) is 1. The number of carbonyl (C=O) groups is 4. The second-order valence-corrected chi connectivity index (χ2v) is 9.01. The number of piperidine rings is 1. The summed E-state index contributed by atoms with van der Waals surface area (Å²) < 4.78 is 5.68. The molecule has 0 bridgehead atoms. The quantitative estimate of drug-likeness (QED) is 0.345. The number of carbonyl (C=O) groups excluding carboxylic acids is 4. The summed E-state index contributed by atoms with van der Waals surface area (Å²) in [7, 11) is 0. The predicted octanol–water partition coefficient (Wildman–Crippen LogP) is 3.34. The molecule has 0 spiro atoms. The van der Waals surface area contributed by atoms with Crippen LogP contribution in [0.4, 0.5) is 0 Å². The number of hydrogen-bond acceptors (Lipinski definition) is 6. The minimum atomic E-state index is -0.921. The van der Waals surface area contributed by atoms with Gasteiger partial charge in [-0.25, -0.2) is 4.79 Å². The smallest absolute Gasteiger partial charge is 0.331 e. The highest BCUT2D eigenvalue weighted by molar-refractivity contribution is 5.97. The third kappa shape index (κ3) is 9.30. The third-order valence-corrected chi connectivity index (χ3v) is 5.88. The number of rotatable bonds is 7. The van der Waals surface area contributed by atoms with Crippen molar-refractivity contribution in [3.63, 3.8) is 0 Å². The zero-order valence-electron chi connectivity index (χ0n) is 19.7. The average Bonchev–Trinajstić information content (AvgIpc) is 2.71. The molecule has 0 aromatic rings. The maximum absolute atomic E-state index is 12.7. The highest BCUT2D eigenvalue weighted by Gasteiger charge is 2.28. The van der Waals surface area contributed by atoms with Crippen LogP contribution in [0.2, 0.25) is 0 Å². The van der Waals surface area contributed by atoms with E-state index in [0.717, 1.165) is 18.4 Å². The molecule has 0 unspecified atom stereocenters. The summed E-state index contributed by atoms with van der Waals surface area (Å²) in [6, 6.07) is 0. The highest BCUT2D eigenvalue weighted by Crippen LogP contribution is 2.24. The molecule has 1 saturated heterocycles. The second kappa shape index (κ2) is 13.0. The fourth-order valence-electron chi connectivity index (χ4n) is 4.16. The number of imide groups is 1. The second-order valence-electron chi connectivity index (χ2n) is 9.01. The van der Waals surface area contributed by atoms with Crippen LogP contribution in [0.15, 0.2) is 48.1 Å². The van der Waals surface area contributed by atoms with E-state index >= 15 is 0 Å². The van der Waals surface area contributed by atoms with Crippen LogP contribution in [0.25, 0.3) is 0 Å². The minimum Gasteiger partial charge on any atom is -0.454 e. The van der Waals surface area contributed by atoms with Crippen LogP contribution in [0.5, 0.6) is 0 Å². The maximum atomic E-state index is 12.7. The Bertz CT molecular complexity index is 837. The summed E-state index contributed by atoms with van der Waals surface area (Å²) in [5, 5.41) is 12.6. The van der Waals surface area contributed by atoms with Gasteiger partial charge >= 0.3 is 5.97 Å². The lowest BCUT2D eigenvalue weighted by Gasteiger charge is -2.24. The summed E-state index contributed by atoms with van der Waals surface area (Å²) in [5.74, 6) is -2.10. The van der Waals surface area contributed by atoms with Crippen molar-refractivity contribution < 1.29 is 29.0 Å². The third-order valence-electron chi connectivity index (χ3n) is 5.88. The van der Waals surface area contributed by atoms with E-state index in [1.807, 2.05) is 38.2 Å². The summed E-state index contributed by atoms with van der Waals surface area (Å²) in [5.41, 5.74) is 0.764. The molecule has 2 aliphatic rings. The number of ketones is 1. The van der Waals surface area contributed by atoms with Crippen LogP contribution in [-0.2, 0) is 23.9 Å². The molecule has 7 heteroatoms. The fourth-order valence-corrected chi connectivity index (χ4v) is 4.16. The minimum absolute atomic E-state index is 0.0648. The van der Waals surface area contributed by atoms with Crippen molar-refractivity contribution in [1.82, 2.24) is 5.32 Å². The Morgan fingerprint density at radius 2 is 1.85 bits per heavy atom. The van der Waals surface area contributed by atoms with Gasteiger partial charge in [-0.3, -0.25) is 19.7 Å². The van der Waals surface area contributed by atoms with E-state index < -0.39 is 24.1 Å². The van der Waals surface area contributed by atoms with Gasteiger partial charge in [-0.2, -0.15) is 0 Å². The molecule has 0 aromatic carbocycles. The zero-order valence-corrected chi connectivity index (χ0v) is 19.7. The van der Waals surface area contributed by atoms with Crippen LogP contribution in [0, 0.1) is 17.8 Å². The Balaban J connectivity index is 2.01. The first-order valence-electron chi connectivity index (χ1n) is 11.6. The molecule has 2 aliphatic heterocycles. The fraction of sp³-hybridized carbons (Fsp3) is 0.538. The van der Waals surface area contributed by atoms with Crippen molar-refractivity contribution in [2.24, 2.45) is 17.8 Å². The molecule has 2 amide bonds. The van der Waals surface area contributed by atoms with E-state index in [1.54, 1.807) is 19.1 Å². The summed E-state index contributed by atoms with van der Waals surface area (Å²) in [4.78, 5) is 47.9. The molecule has 0 radical (unpaired) electrons. The van der Waals surface area contributed by atoms with Gasteiger partial charge in [-0.1, -0.05) is 50.3 Å². The molecule has 0 saturated carbocycles. The number of amides is 2. The van der Waals surface area contributed by atoms with Crippen LogP contribution in [-0.4, -0.2) is 40.9 Å². The number of cyclic esters (lactones) is 1. The molecular weight excluding hydrogens is 422 g/mol. The van der Waals surface area contributed by atoms with Crippen molar-refractivity contribution >= 4 is 23.6 Å². The van der Waals surface area contributed by atoms with E-state index in [9.17, 15) is 24.3 Å². The number of esters is 1. The Morgan fingerprint density at radius 3 is 2.55 bits per heavy atom. The normalized spacial score (nSPS) is 27.9. The Kier molecular flexibility index (Phi) is 10.5. The van der Waals surface area contributed by atoms with Crippen molar-refractivity contribution in [2.45, 2.75) is 71.5 Å². The lowest BCUT2D eigenvalue weighted by molar-refractivity contribution is -0.142. The van der Waals surface area contributed by atoms with Crippen molar-refractivity contribution in [1.29, 1.82) is 0 Å². The number of Topliss-reactive ketones (excluding diaryl/α,β-unsaturated/α-hetero) is 1. The SMILES string of the molecule is C/C(=C\[C@@H](C)C(=O)C[C@@H](O)CC1CC(=O)NC(=O)C1)[C@H]1OC(=O)/C=C/CC/C=C/C=C\[C@H]1C. The van der Waals surface area contributed by atoms with E-state index in [2.05, 4.69) is 5.32 Å². The Hall–Kier alpha value is -2.80. The van der Waals surface area contributed by atoms with Crippen LogP contribution in [0.3, 0.4) is 0 Å². The van der Waals surface area contributed by atoms with Crippen LogP contribution < -0.4 is 5.32 Å². The predicted molar refractivity (Wildman–Crippen MR) is 125 cm³/mol. The number of ether oxygens (including phenoxy) is 1. The molecule has 0 aliphatic carbocycles. The lowest BCUT2D eigenvalue weighted by atomic mass is 9.88. The number of hydrogen-bond donors (Lipinski definition) is 2. The average molecular weight is 458 g/mol. The van der Waals surface area contributed by atoms with Gasteiger partial charge in [-0.15, -0.1) is 0 Å². The first kappa shape index (κ1) is 26.5. The van der Waals surface area contributed by atoms with E-state index in [1.165, 1.54) is 6.08 Å². The topological polar surface area (TPSA) is 110 Å². The molecule has 7 nitrogen and oxygen atoms in total. The first-order chi connectivity index (χ1) is 15.7. The standard InChI is InChI=1S/C26H35NO6/c1-17-10-8-6-4-5-7-9-11-25(32)33-26(17)19(3)12-18(2)22(29)16-21(28)13-20-14-23(30)27-24(31)15-20/h4,6,8-12,17-18,20-21,26,28H,5,7,13-16H2,1-3H3,(H,27,30,31)/b6-4+,10-8-,11-9+,19-12+/t17-,18-,21+,26+/m1/s1. The number of allylic oxidation sites excluding steroid dienone is 5. The molecule has 0 aromatic heterocycles. The van der Waals surface area contributed by atoms with Gasteiger partial charge in [0.2, 0.25) is 11.8 Å². The van der Waals surface area contributed by atoms with Gasteiger partial charge in [0.05, 0.1) is 6.10 Å². The Morgan fingerprint density at radius 1 is 1.18 bits per heavy atom. The van der Waals surface area contributed by atoms with E-state index in [0.29, 0.717) is 0 Å². The first-order valence-corrected chi connectivity index (χ1v) is 11.6.